The first-order valence-electron chi connectivity index (χ1n) is 8.14. The fourth-order valence-electron chi connectivity index (χ4n) is 3.07. The molecule has 1 aliphatic rings. The molecule has 136 valence electrons. The Morgan fingerprint density at radius 1 is 1.12 bits per heavy atom. The molecule has 0 fully saturated rings. The van der Waals surface area contributed by atoms with Gasteiger partial charge in [-0.1, -0.05) is 31.2 Å². The van der Waals surface area contributed by atoms with Gasteiger partial charge in [0.25, 0.3) is 5.91 Å². The van der Waals surface area contributed by atoms with E-state index in [1.165, 1.54) is 11.1 Å². The number of halogens is 2. The zero-order chi connectivity index (χ0) is 16.2. The number of anilines is 1. The number of nitrogens with zero attached hydrogens (tertiary/aromatic N) is 1. The Morgan fingerprint density at radius 3 is 2.48 bits per heavy atom. The number of carbonyl (C=O) groups excluding carboxylic acids is 1. The first-order valence-corrected chi connectivity index (χ1v) is 8.14. The van der Waals surface area contributed by atoms with E-state index >= 15 is 0 Å². The summed E-state index contributed by atoms with van der Waals surface area (Å²) in [6.07, 6.45) is 1.14. The lowest BCUT2D eigenvalue weighted by atomic mass is 10.1. The number of hydrogen-bond acceptors (Lipinski definition) is 3. The van der Waals surface area contributed by atoms with Crippen molar-refractivity contribution in [3.63, 3.8) is 0 Å². The molecule has 1 amide bonds. The van der Waals surface area contributed by atoms with E-state index in [9.17, 15) is 4.79 Å². The summed E-state index contributed by atoms with van der Waals surface area (Å²) >= 11 is 0. The third kappa shape index (κ3) is 4.95. The van der Waals surface area contributed by atoms with Crippen LogP contribution in [0.3, 0.4) is 0 Å². The summed E-state index contributed by atoms with van der Waals surface area (Å²) in [5.41, 5.74) is 10.8. The van der Waals surface area contributed by atoms with E-state index in [0.717, 1.165) is 37.3 Å². The average molecular weight is 382 g/mol. The highest BCUT2D eigenvalue weighted by molar-refractivity contribution is 6.04. The van der Waals surface area contributed by atoms with E-state index in [2.05, 4.69) is 23.2 Å². The molecule has 1 heterocycles. The molecule has 0 saturated heterocycles. The largest absolute Gasteiger partial charge is 0.326 e. The van der Waals surface area contributed by atoms with Gasteiger partial charge < -0.3 is 11.1 Å². The molecule has 0 spiro atoms. The third-order valence-electron chi connectivity index (χ3n) is 4.29. The maximum absolute atomic E-state index is 12.5. The summed E-state index contributed by atoms with van der Waals surface area (Å²) in [6, 6.07) is 13.6. The average Bonchev–Trinajstić information content (AvgIpc) is 2.99. The molecule has 0 aromatic heterocycles. The van der Waals surface area contributed by atoms with E-state index in [0.29, 0.717) is 12.1 Å². The van der Waals surface area contributed by atoms with Gasteiger partial charge in [0, 0.05) is 30.9 Å². The Kier molecular flexibility index (Phi) is 8.39. The molecule has 0 aliphatic carbocycles. The zero-order valence-electron chi connectivity index (χ0n) is 14.3. The number of carbonyl (C=O) groups is 1. The highest BCUT2D eigenvalue weighted by Crippen LogP contribution is 2.29. The molecule has 4 nitrogen and oxygen atoms in total. The SMILES string of the molecule is CCCN1Cc2cccc(NC(=O)c3ccc(CN)cc3)c2C1.Cl.Cl. The standard InChI is InChI=1S/C19H23N3O.2ClH/c1-2-10-22-12-16-4-3-5-18(17(16)13-22)21-19(23)15-8-6-14(11-20)7-9-15;;/h3-9H,2,10-13,20H2,1H3,(H,21,23);2*1H. The summed E-state index contributed by atoms with van der Waals surface area (Å²) in [5.74, 6) is -0.0732. The monoisotopic (exact) mass is 381 g/mol. The summed E-state index contributed by atoms with van der Waals surface area (Å²) in [5, 5.41) is 3.06. The van der Waals surface area contributed by atoms with Crippen LogP contribution < -0.4 is 11.1 Å². The molecule has 3 N–H and O–H groups in total. The minimum atomic E-state index is -0.0732. The maximum atomic E-state index is 12.5. The van der Waals surface area contributed by atoms with Gasteiger partial charge in [0.2, 0.25) is 0 Å². The van der Waals surface area contributed by atoms with E-state index in [-0.39, 0.29) is 30.7 Å². The highest BCUT2D eigenvalue weighted by atomic mass is 35.5. The van der Waals surface area contributed by atoms with Gasteiger partial charge in [-0.25, -0.2) is 0 Å². The van der Waals surface area contributed by atoms with Crippen LogP contribution in [0, 0.1) is 0 Å². The number of nitrogens with one attached hydrogen (secondary N) is 1. The lowest BCUT2D eigenvalue weighted by Gasteiger charge is -2.13. The minimum absolute atomic E-state index is 0. The van der Waals surface area contributed by atoms with Crippen molar-refractivity contribution in [2.45, 2.75) is 33.0 Å². The molecule has 6 heteroatoms. The molecule has 0 atom stereocenters. The maximum Gasteiger partial charge on any atom is 0.255 e. The Bertz CT molecular complexity index is 704. The van der Waals surface area contributed by atoms with Crippen LogP contribution in [0.25, 0.3) is 0 Å². The van der Waals surface area contributed by atoms with Gasteiger partial charge in [-0.2, -0.15) is 0 Å². The van der Waals surface area contributed by atoms with Gasteiger partial charge in [-0.05, 0) is 47.9 Å². The topological polar surface area (TPSA) is 58.4 Å². The van der Waals surface area contributed by atoms with E-state index < -0.39 is 0 Å². The number of benzene rings is 2. The number of nitrogens with two attached hydrogens (primary N) is 1. The Labute approximate surface area is 161 Å². The third-order valence-corrected chi connectivity index (χ3v) is 4.29. The van der Waals surface area contributed by atoms with Crippen LogP contribution in [0.4, 0.5) is 5.69 Å². The van der Waals surface area contributed by atoms with Crippen molar-refractivity contribution in [2.75, 3.05) is 11.9 Å². The van der Waals surface area contributed by atoms with E-state index in [1.54, 1.807) is 0 Å². The van der Waals surface area contributed by atoms with Crippen molar-refractivity contribution in [1.82, 2.24) is 4.90 Å². The molecule has 3 rings (SSSR count). The summed E-state index contributed by atoms with van der Waals surface area (Å²) in [6.45, 7) is 5.64. The normalized spacial score (nSPS) is 12.7. The smallest absolute Gasteiger partial charge is 0.255 e. The summed E-state index contributed by atoms with van der Waals surface area (Å²) in [4.78, 5) is 14.9. The van der Waals surface area contributed by atoms with Crippen LogP contribution in [0.1, 0.15) is 40.4 Å². The lowest BCUT2D eigenvalue weighted by Crippen LogP contribution is -2.17. The molecule has 25 heavy (non-hydrogen) atoms. The van der Waals surface area contributed by atoms with Crippen molar-refractivity contribution in [3.05, 3.63) is 64.7 Å². The van der Waals surface area contributed by atoms with Crippen molar-refractivity contribution < 1.29 is 4.79 Å². The van der Waals surface area contributed by atoms with Gasteiger partial charge in [0.1, 0.15) is 0 Å². The zero-order valence-corrected chi connectivity index (χ0v) is 16.0. The van der Waals surface area contributed by atoms with Gasteiger partial charge >= 0.3 is 0 Å². The van der Waals surface area contributed by atoms with Crippen molar-refractivity contribution in [3.8, 4) is 0 Å². The molecule has 2 aromatic rings. The van der Waals surface area contributed by atoms with Gasteiger partial charge in [-0.15, -0.1) is 24.8 Å². The number of amides is 1. The second-order valence-corrected chi connectivity index (χ2v) is 6.01. The van der Waals surface area contributed by atoms with Crippen LogP contribution in [-0.4, -0.2) is 17.4 Å². The van der Waals surface area contributed by atoms with E-state index in [1.807, 2.05) is 36.4 Å². The Morgan fingerprint density at radius 2 is 1.84 bits per heavy atom. The van der Waals surface area contributed by atoms with Gasteiger partial charge in [-0.3, -0.25) is 9.69 Å². The molecule has 0 saturated carbocycles. The highest BCUT2D eigenvalue weighted by Gasteiger charge is 2.21. The second kappa shape index (κ2) is 9.78. The fourth-order valence-corrected chi connectivity index (χ4v) is 3.07. The summed E-state index contributed by atoms with van der Waals surface area (Å²) < 4.78 is 0. The van der Waals surface area contributed by atoms with Crippen molar-refractivity contribution >= 4 is 36.4 Å². The molecular weight excluding hydrogens is 357 g/mol. The van der Waals surface area contributed by atoms with Crippen LogP contribution in [-0.2, 0) is 19.6 Å². The predicted octanol–water partition coefficient (Wildman–Crippen LogP) is 3.97. The predicted molar refractivity (Wildman–Crippen MR) is 108 cm³/mol. The van der Waals surface area contributed by atoms with Crippen molar-refractivity contribution in [1.29, 1.82) is 0 Å². The molecular formula is C19H25Cl2N3O. The Hall–Kier alpha value is -1.59. The number of fused-ring (bicyclic) bond motifs is 1. The molecule has 0 bridgehead atoms. The molecule has 0 radical (unpaired) electrons. The van der Waals surface area contributed by atoms with Crippen LogP contribution in [0.15, 0.2) is 42.5 Å². The fraction of sp³-hybridized carbons (Fsp3) is 0.316. The number of hydrogen-bond donors (Lipinski definition) is 2. The Balaban J connectivity index is 0.00000156. The first-order chi connectivity index (χ1) is 11.2. The van der Waals surface area contributed by atoms with Crippen LogP contribution in [0.2, 0.25) is 0 Å². The van der Waals surface area contributed by atoms with Gasteiger partial charge in [0.15, 0.2) is 0 Å². The van der Waals surface area contributed by atoms with Crippen molar-refractivity contribution in [2.24, 2.45) is 5.73 Å². The van der Waals surface area contributed by atoms with Gasteiger partial charge in [0.05, 0.1) is 0 Å². The lowest BCUT2D eigenvalue weighted by molar-refractivity contribution is 0.102. The van der Waals surface area contributed by atoms with E-state index in [4.69, 9.17) is 5.73 Å². The molecule has 0 unspecified atom stereocenters. The van der Waals surface area contributed by atoms with Crippen LogP contribution >= 0.6 is 24.8 Å². The first kappa shape index (κ1) is 21.5. The molecule has 1 aliphatic heterocycles. The minimum Gasteiger partial charge on any atom is -0.326 e. The second-order valence-electron chi connectivity index (χ2n) is 6.01. The number of rotatable bonds is 5. The van der Waals surface area contributed by atoms with Crippen LogP contribution in [0.5, 0.6) is 0 Å². The molecule has 2 aromatic carbocycles. The summed E-state index contributed by atoms with van der Waals surface area (Å²) in [7, 11) is 0. The quantitative estimate of drug-likeness (QED) is 0.823.